The summed E-state index contributed by atoms with van der Waals surface area (Å²) in [5.74, 6) is 0.955. The van der Waals surface area contributed by atoms with E-state index in [9.17, 15) is 0 Å². The second-order valence-electron chi connectivity index (χ2n) is 3.99. The van der Waals surface area contributed by atoms with Crippen LogP contribution >= 0.6 is 0 Å². The highest BCUT2D eigenvalue weighted by molar-refractivity contribution is 4.71. The van der Waals surface area contributed by atoms with Crippen LogP contribution in [0.4, 0.5) is 0 Å². The summed E-state index contributed by atoms with van der Waals surface area (Å²) < 4.78 is 0. The Bertz CT molecular complexity index is 110. The van der Waals surface area contributed by atoms with Gasteiger partial charge in [0.05, 0.1) is 6.10 Å². The summed E-state index contributed by atoms with van der Waals surface area (Å²) >= 11 is 0. The zero-order valence-corrected chi connectivity index (χ0v) is 8.05. The molecule has 2 N–H and O–H groups in total. The molecule has 0 heterocycles. The lowest BCUT2D eigenvalue weighted by atomic mass is 9.85. The summed E-state index contributed by atoms with van der Waals surface area (Å²) in [4.78, 5) is 0. The van der Waals surface area contributed by atoms with Gasteiger partial charge in [-0.2, -0.15) is 0 Å². The summed E-state index contributed by atoms with van der Waals surface area (Å²) in [6.45, 7) is 4.12. The highest BCUT2D eigenvalue weighted by Crippen LogP contribution is 2.24. The zero-order valence-electron chi connectivity index (χ0n) is 8.05. The Morgan fingerprint density at radius 3 is 2.75 bits per heavy atom. The monoisotopic (exact) mass is 171 g/mol. The number of aliphatic hydroxyl groups is 1. The van der Waals surface area contributed by atoms with Crippen LogP contribution in [0.5, 0.6) is 0 Å². The number of nitrogens with one attached hydrogen (secondary N) is 1. The average Bonchev–Trinajstić information content (AvgIpc) is 1.92. The SMILES string of the molecule is CC(O)CCCNCC1CCC1. The number of hydrogen-bond acceptors (Lipinski definition) is 2. The van der Waals surface area contributed by atoms with Gasteiger partial charge in [-0.3, -0.25) is 0 Å². The Kier molecular flexibility index (Phi) is 4.62. The van der Waals surface area contributed by atoms with Gasteiger partial charge in [0.15, 0.2) is 0 Å². The standard InChI is InChI=1S/C10H21NO/c1-9(12)4-3-7-11-8-10-5-2-6-10/h9-12H,2-8H2,1H3. The molecule has 0 saturated heterocycles. The molecule has 1 fully saturated rings. The van der Waals surface area contributed by atoms with E-state index in [1.54, 1.807) is 0 Å². The lowest BCUT2D eigenvalue weighted by molar-refractivity contribution is 0.180. The van der Waals surface area contributed by atoms with Crippen LogP contribution in [-0.4, -0.2) is 24.3 Å². The molecule has 0 bridgehead atoms. The lowest BCUT2D eigenvalue weighted by Crippen LogP contribution is -2.28. The second-order valence-corrected chi connectivity index (χ2v) is 3.99. The molecule has 0 radical (unpaired) electrons. The summed E-state index contributed by atoms with van der Waals surface area (Å²) in [5, 5.41) is 12.4. The van der Waals surface area contributed by atoms with Gasteiger partial charge in [-0.15, -0.1) is 0 Å². The van der Waals surface area contributed by atoms with Crippen LogP contribution in [0.2, 0.25) is 0 Å². The van der Waals surface area contributed by atoms with Crippen molar-refractivity contribution in [3.8, 4) is 0 Å². The van der Waals surface area contributed by atoms with Crippen LogP contribution in [0, 0.1) is 5.92 Å². The van der Waals surface area contributed by atoms with Crippen LogP contribution in [-0.2, 0) is 0 Å². The molecule has 2 heteroatoms. The van der Waals surface area contributed by atoms with Gasteiger partial charge in [-0.25, -0.2) is 0 Å². The van der Waals surface area contributed by atoms with Crippen molar-refractivity contribution < 1.29 is 5.11 Å². The van der Waals surface area contributed by atoms with Crippen molar-refractivity contribution in [3.05, 3.63) is 0 Å². The van der Waals surface area contributed by atoms with Gasteiger partial charge < -0.3 is 10.4 Å². The van der Waals surface area contributed by atoms with Gasteiger partial charge in [0.25, 0.3) is 0 Å². The Balaban J connectivity index is 1.76. The Morgan fingerprint density at radius 2 is 2.25 bits per heavy atom. The molecular formula is C10H21NO. The Morgan fingerprint density at radius 1 is 1.50 bits per heavy atom. The molecule has 1 aliphatic rings. The average molecular weight is 171 g/mol. The van der Waals surface area contributed by atoms with E-state index in [0.717, 1.165) is 25.3 Å². The molecule has 1 rings (SSSR count). The van der Waals surface area contributed by atoms with E-state index in [0.29, 0.717) is 0 Å². The first-order valence-corrected chi connectivity index (χ1v) is 5.18. The fraction of sp³-hybridized carbons (Fsp3) is 1.00. The minimum absolute atomic E-state index is 0.129. The largest absolute Gasteiger partial charge is 0.393 e. The van der Waals surface area contributed by atoms with Gasteiger partial charge in [-0.1, -0.05) is 6.42 Å². The van der Waals surface area contributed by atoms with E-state index in [1.807, 2.05) is 6.92 Å². The molecule has 0 aliphatic heterocycles. The molecule has 12 heavy (non-hydrogen) atoms. The number of aliphatic hydroxyl groups excluding tert-OH is 1. The van der Waals surface area contributed by atoms with Crippen molar-refractivity contribution in [2.45, 2.75) is 45.1 Å². The van der Waals surface area contributed by atoms with E-state index >= 15 is 0 Å². The van der Waals surface area contributed by atoms with Crippen molar-refractivity contribution in [1.82, 2.24) is 5.32 Å². The summed E-state index contributed by atoms with van der Waals surface area (Å²) in [5.41, 5.74) is 0. The number of rotatable bonds is 6. The first-order chi connectivity index (χ1) is 5.79. The first-order valence-electron chi connectivity index (χ1n) is 5.18. The first kappa shape index (κ1) is 10.0. The second kappa shape index (κ2) is 5.55. The fourth-order valence-corrected chi connectivity index (χ4v) is 1.53. The third-order valence-electron chi connectivity index (χ3n) is 2.63. The van der Waals surface area contributed by atoms with Crippen LogP contribution in [0.3, 0.4) is 0 Å². The molecule has 0 aromatic carbocycles. The van der Waals surface area contributed by atoms with Gasteiger partial charge in [-0.05, 0) is 51.6 Å². The summed E-state index contributed by atoms with van der Waals surface area (Å²) in [6.07, 6.45) is 6.17. The van der Waals surface area contributed by atoms with Gasteiger partial charge in [0, 0.05) is 0 Å². The highest BCUT2D eigenvalue weighted by Gasteiger charge is 2.15. The van der Waals surface area contributed by atoms with Crippen LogP contribution in [0.25, 0.3) is 0 Å². The molecule has 1 atom stereocenters. The van der Waals surface area contributed by atoms with Crippen molar-refractivity contribution in [3.63, 3.8) is 0 Å². The third kappa shape index (κ3) is 4.07. The van der Waals surface area contributed by atoms with Crippen molar-refractivity contribution in [2.24, 2.45) is 5.92 Å². The maximum Gasteiger partial charge on any atom is 0.0512 e. The van der Waals surface area contributed by atoms with E-state index in [-0.39, 0.29) is 6.10 Å². The molecule has 1 unspecified atom stereocenters. The Labute approximate surface area is 75.4 Å². The van der Waals surface area contributed by atoms with E-state index in [4.69, 9.17) is 5.11 Å². The molecular weight excluding hydrogens is 150 g/mol. The minimum Gasteiger partial charge on any atom is -0.393 e. The van der Waals surface area contributed by atoms with Crippen LogP contribution < -0.4 is 5.32 Å². The topological polar surface area (TPSA) is 32.3 Å². The quantitative estimate of drug-likeness (QED) is 0.594. The van der Waals surface area contributed by atoms with Gasteiger partial charge in [0.1, 0.15) is 0 Å². The Hall–Kier alpha value is -0.0800. The predicted octanol–water partition coefficient (Wildman–Crippen LogP) is 1.54. The lowest BCUT2D eigenvalue weighted by Gasteiger charge is -2.25. The molecule has 0 spiro atoms. The molecule has 0 aromatic heterocycles. The zero-order chi connectivity index (χ0) is 8.81. The van der Waals surface area contributed by atoms with Crippen molar-refractivity contribution in [2.75, 3.05) is 13.1 Å². The fourth-order valence-electron chi connectivity index (χ4n) is 1.53. The molecule has 2 nitrogen and oxygen atoms in total. The smallest absolute Gasteiger partial charge is 0.0512 e. The molecule has 1 saturated carbocycles. The van der Waals surface area contributed by atoms with Gasteiger partial charge in [0.2, 0.25) is 0 Å². The molecule has 0 amide bonds. The minimum atomic E-state index is -0.129. The third-order valence-corrected chi connectivity index (χ3v) is 2.63. The predicted molar refractivity (Wildman–Crippen MR) is 51.1 cm³/mol. The molecule has 0 aromatic rings. The maximum atomic E-state index is 8.99. The van der Waals surface area contributed by atoms with Crippen molar-refractivity contribution in [1.29, 1.82) is 0 Å². The molecule has 72 valence electrons. The van der Waals surface area contributed by atoms with Crippen molar-refractivity contribution >= 4 is 0 Å². The maximum absolute atomic E-state index is 8.99. The van der Waals surface area contributed by atoms with Gasteiger partial charge >= 0.3 is 0 Å². The summed E-state index contributed by atoms with van der Waals surface area (Å²) in [6, 6.07) is 0. The summed E-state index contributed by atoms with van der Waals surface area (Å²) in [7, 11) is 0. The van der Waals surface area contributed by atoms with E-state index in [1.165, 1.54) is 25.8 Å². The molecule has 1 aliphatic carbocycles. The highest BCUT2D eigenvalue weighted by atomic mass is 16.3. The van der Waals surface area contributed by atoms with Crippen LogP contribution in [0.15, 0.2) is 0 Å². The normalized spacial score (nSPS) is 20.5. The van der Waals surface area contributed by atoms with Crippen LogP contribution in [0.1, 0.15) is 39.0 Å². The van der Waals surface area contributed by atoms with E-state index < -0.39 is 0 Å². The number of hydrogen-bond donors (Lipinski definition) is 2. The van der Waals surface area contributed by atoms with E-state index in [2.05, 4.69) is 5.32 Å².